The van der Waals surface area contributed by atoms with Crippen LogP contribution in [0.1, 0.15) is 0 Å². The van der Waals surface area contributed by atoms with Gasteiger partial charge in [-0.2, -0.15) is 10.2 Å². The van der Waals surface area contributed by atoms with Crippen molar-refractivity contribution in [1.82, 2.24) is 51.0 Å². The van der Waals surface area contributed by atoms with E-state index < -0.39 is 0 Å². The SMILES string of the molecule is [Gd+3].c1ccc(-c2cc(-c3ccccc3)[n-]n2)cc1.c1ccc(-c2cc(-c3ccccc3)[n-]n2)cc1.c1ccc(-c2cc(-c3ccccc3)[n-]n2)cc1.c1ccc(-c2cc(-c3ccccc3)[nH]n2)cc1.c1ccc(-c2cc(-c3ccccc3)[nH]n2)cc1. The van der Waals surface area contributed by atoms with E-state index in [1.54, 1.807) is 0 Å². The zero-order valence-electron chi connectivity index (χ0n) is 46.7. The van der Waals surface area contributed by atoms with E-state index in [9.17, 15) is 0 Å². The van der Waals surface area contributed by atoms with Crippen molar-refractivity contribution < 1.29 is 39.9 Å². The molecule has 15 rings (SSSR count). The van der Waals surface area contributed by atoms with Crippen LogP contribution in [0, 0.1) is 39.9 Å². The van der Waals surface area contributed by atoms with Gasteiger partial charge >= 0.3 is 39.9 Å². The Morgan fingerprint density at radius 2 is 0.384 bits per heavy atom. The van der Waals surface area contributed by atoms with E-state index in [-0.39, 0.29) is 39.9 Å². The van der Waals surface area contributed by atoms with E-state index >= 15 is 0 Å². The molecule has 0 saturated carbocycles. The molecule has 5 aromatic heterocycles. The fraction of sp³-hybridized carbons (Fsp3) is 0. The summed E-state index contributed by atoms with van der Waals surface area (Å²) >= 11 is 0. The molecule has 2 N–H and O–H groups in total. The van der Waals surface area contributed by atoms with Crippen LogP contribution in [0.25, 0.3) is 113 Å². The largest absolute Gasteiger partial charge is 3.00 e. The Morgan fingerprint density at radius 3 is 0.605 bits per heavy atom. The second-order valence-electron chi connectivity index (χ2n) is 19.3. The first-order chi connectivity index (χ1) is 42.2. The van der Waals surface area contributed by atoms with Gasteiger partial charge in [0.05, 0.1) is 22.8 Å². The predicted octanol–water partition coefficient (Wildman–Crippen LogP) is 17.6. The zero-order valence-corrected chi connectivity index (χ0v) is 49.0. The number of aromatic amines is 2. The zero-order chi connectivity index (χ0) is 57.5. The topological polar surface area (TPSA) is 138 Å². The van der Waals surface area contributed by atoms with Gasteiger partial charge in [-0.1, -0.05) is 322 Å². The molecular formula is C75H57GdN10. The average molecular weight is 1260 g/mol. The van der Waals surface area contributed by atoms with Crippen LogP contribution in [0.5, 0.6) is 0 Å². The maximum atomic E-state index is 4.34. The van der Waals surface area contributed by atoms with Crippen molar-refractivity contribution in [2.45, 2.75) is 0 Å². The molecule has 11 heteroatoms. The van der Waals surface area contributed by atoms with Crippen molar-refractivity contribution in [2.75, 3.05) is 0 Å². The summed E-state index contributed by atoms with van der Waals surface area (Å²) in [5.41, 5.74) is 20.7. The van der Waals surface area contributed by atoms with E-state index in [0.29, 0.717) is 0 Å². The van der Waals surface area contributed by atoms with E-state index in [1.807, 2.05) is 273 Å². The van der Waals surface area contributed by atoms with Gasteiger partial charge in [0.1, 0.15) is 0 Å². The molecule has 0 aliphatic carbocycles. The molecule has 10 nitrogen and oxygen atoms in total. The molecular weight excluding hydrogens is 1200 g/mol. The molecule has 0 atom stereocenters. The summed E-state index contributed by atoms with van der Waals surface area (Å²) in [5, 5.41) is 40.1. The van der Waals surface area contributed by atoms with Gasteiger partial charge in [-0.05, 0) is 56.6 Å². The van der Waals surface area contributed by atoms with E-state index in [2.05, 4.69) is 112 Å². The number of nitrogens with one attached hydrogen (secondary N) is 2. The van der Waals surface area contributed by atoms with Crippen molar-refractivity contribution in [3.8, 4) is 113 Å². The standard InChI is InChI=1S/2C15H12N2.3C15H11N2.Gd/c5*1-3-7-12(8-4-1)14-11-15(17-16-14)13-9-5-2-6-10-13;/h2*1-11H,(H,16,17);3*1-11H;/q;;3*-1;+3. The van der Waals surface area contributed by atoms with Gasteiger partial charge in [0.25, 0.3) is 0 Å². The van der Waals surface area contributed by atoms with Crippen molar-refractivity contribution in [3.05, 3.63) is 334 Å². The first-order valence-corrected chi connectivity index (χ1v) is 27.8. The Morgan fingerprint density at radius 1 is 0.198 bits per heavy atom. The van der Waals surface area contributed by atoms with Gasteiger partial charge in [0.2, 0.25) is 0 Å². The van der Waals surface area contributed by atoms with E-state index in [1.165, 1.54) is 0 Å². The molecule has 0 spiro atoms. The summed E-state index contributed by atoms with van der Waals surface area (Å²) < 4.78 is 0. The quantitative estimate of drug-likeness (QED) is 0.138. The summed E-state index contributed by atoms with van der Waals surface area (Å²) in [7, 11) is 0. The smallest absolute Gasteiger partial charge is 0.574 e. The molecule has 1 radical (unpaired) electrons. The summed E-state index contributed by atoms with van der Waals surface area (Å²) in [6, 6.07) is 112. The van der Waals surface area contributed by atoms with Gasteiger partial charge in [0, 0.05) is 28.2 Å². The van der Waals surface area contributed by atoms with Crippen molar-refractivity contribution in [3.63, 3.8) is 0 Å². The summed E-state index contributed by atoms with van der Waals surface area (Å²) in [4.78, 5) is 0. The molecule has 5 heterocycles. The third kappa shape index (κ3) is 16.2. The van der Waals surface area contributed by atoms with Crippen LogP contribution >= 0.6 is 0 Å². The van der Waals surface area contributed by atoms with Crippen molar-refractivity contribution in [1.29, 1.82) is 0 Å². The number of H-pyrrole nitrogens is 2. The van der Waals surface area contributed by atoms with Crippen LogP contribution in [0.3, 0.4) is 0 Å². The number of nitrogens with zero attached hydrogens (tertiary/aromatic N) is 8. The Labute approximate surface area is 532 Å². The van der Waals surface area contributed by atoms with Crippen LogP contribution in [-0.4, -0.2) is 35.7 Å². The number of aromatic nitrogens is 10. The summed E-state index contributed by atoms with van der Waals surface area (Å²) in [5.74, 6) is 0. The molecule has 0 bridgehead atoms. The molecule has 0 fully saturated rings. The maximum Gasteiger partial charge on any atom is 3.00 e. The van der Waals surface area contributed by atoms with Crippen LogP contribution < -0.4 is 15.3 Å². The van der Waals surface area contributed by atoms with Crippen LogP contribution in [0.2, 0.25) is 0 Å². The van der Waals surface area contributed by atoms with Crippen LogP contribution in [0.15, 0.2) is 334 Å². The summed E-state index contributed by atoms with van der Waals surface area (Å²) in [6.07, 6.45) is 0. The average Bonchev–Trinajstić information content (AvgIpc) is 4.67. The third-order valence-corrected chi connectivity index (χ3v) is 13.5. The number of benzene rings is 10. The van der Waals surface area contributed by atoms with Gasteiger partial charge in [0.15, 0.2) is 0 Å². The minimum absolute atomic E-state index is 0. The minimum atomic E-state index is 0. The first-order valence-electron chi connectivity index (χ1n) is 27.8. The van der Waals surface area contributed by atoms with Crippen molar-refractivity contribution in [2.24, 2.45) is 0 Å². The monoisotopic (exact) mass is 1260 g/mol. The minimum Gasteiger partial charge on any atom is -0.574 e. The van der Waals surface area contributed by atoms with E-state index in [0.717, 1.165) is 113 Å². The number of hydrogen-bond donors (Lipinski definition) is 2. The fourth-order valence-corrected chi connectivity index (χ4v) is 9.07. The molecule has 0 amide bonds. The Balaban J connectivity index is 0.000000119. The first kappa shape index (κ1) is 58.8. The van der Waals surface area contributed by atoms with Gasteiger partial charge < -0.3 is 30.6 Å². The molecule has 0 unspecified atom stereocenters. The molecule has 10 aromatic carbocycles. The van der Waals surface area contributed by atoms with Crippen LogP contribution in [-0.2, 0) is 0 Å². The number of hydrogen-bond acceptors (Lipinski definition) is 5. The fourth-order valence-electron chi connectivity index (χ4n) is 9.07. The number of rotatable bonds is 10. The Kier molecular flexibility index (Phi) is 21.0. The Bertz CT molecular complexity index is 3380. The molecule has 0 saturated heterocycles. The second-order valence-corrected chi connectivity index (χ2v) is 19.3. The molecule has 0 aliphatic heterocycles. The summed E-state index contributed by atoms with van der Waals surface area (Å²) in [6.45, 7) is 0. The maximum absolute atomic E-state index is 4.34. The molecule has 86 heavy (non-hydrogen) atoms. The van der Waals surface area contributed by atoms with Gasteiger partial charge in [-0.25, -0.2) is 0 Å². The van der Waals surface area contributed by atoms with Crippen molar-refractivity contribution >= 4 is 0 Å². The normalized spacial score (nSPS) is 10.2. The Hall–Kier alpha value is -10.4. The van der Waals surface area contributed by atoms with E-state index in [4.69, 9.17) is 0 Å². The molecule has 0 aliphatic rings. The van der Waals surface area contributed by atoms with Crippen LogP contribution in [0.4, 0.5) is 0 Å². The second kappa shape index (κ2) is 30.8. The molecule has 15 aromatic rings. The third-order valence-electron chi connectivity index (χ3n) is 13.5. The van der Waals surface area contributed by atoms with Gasteiger partial charge in [-0.15, -0.1) is 17.1 Å². The predicted molar refractivity (Wildman–Crippen MR) is 344 cm³/mol. The van der Waals surface area contributed by atoms with Gasteiger partial charge in [-0.3, -0.25) is 10.2 Å². The molecule has 415 valence electrons.